The van der Waals surface area contributed by atoms with Crippen molar-refractivity contribution >= 4 is 0 Å². The molecule has 0 aliphatic rings. The lowest BCUT2D eigenvalue weighted by atomic mass is 10.6. The Kier molecular flexibility index (Phi) is 2.28. The van der Waals surface area contributed by atoms with Crippen LogP contribution in [0.25, 0.3) is 0 Å². The van der Waals surface area contributed by atoms with E-state index in [1.54, 1.807) is 0 Å². The molecule has 0 bridgehead atoms. The Morgan fingerprint density at radius 1 is 1.25 bits per heavy atom. The van der Waals surface area contributed by atoms with Crippen molar-refractivity contribution in [3.8, 4) is 0 Å². The minimum Gasteiger partial charge on any atom is -0.206 e. The highest BCUT2D eigenvalue weighted by Crippen LogP contribution is 2.14. The number of allylic oxidation sites excluding steroid dienone is 1. The third kappa shape index (κ3) is 5.24. The zero-order valence-electron chi connectivity index (χ0n) is 3.67. The molecular weight excluding hydrogens is 124 g/mol. The molecule has 0 aliphatic carbocycles. The quantitative estimate of drug-likeness (QED) is 0.344. The van der Waals surface area contributed by atoms with E-state index >= 15 is 0 Å². The standard InChI is InChI=1S/C4H2F4/c5-3-1-2-4(6,7)8/h2-3H. The molecule has 0 rings (SSSR count). The van der Waals surface area contributed by atoms with E-state index in [2.05, 4.69) is 0 Å². The smallest absolute Gasteiger partial charge is 0.206 e. The van der Waals surface area contributed by atoms with Crippen molar-refractivity contribution in [1.29, 1.82) is 0 Å². The van der Waals surface area contributed by atoms with Crippen LogP contribution >= 0.6 is 0 Å². The molecule has 0 unspecified atom stereocenters. The summed E-state index contributed by atoms with van der Waals surface area (Å²) in [4.78, 5) is 0. The van der Waals surface area contributed by atoms with Crippen LogP contribution in [-0.4, -0.2) is 6.18 Å². The van der Waals surface area contributed by atoms with Gasteiger partial charge in [-0.3, -0.25) is 0 Å². The summed E-state index contributed by atoms with van der Waals surface area (Å²) in [6.45, 7) is 0. The summed E-state index contributed by atoms with van der Waals surface area (Å²) in [6.07, 6.45) is -5.07. The highest BCUT2D eigenvalue weighted by molar-refractivity contribution is 4.85. The van der Waals surface area contributed by atoms with E-state index in [0.29, 0.717) is 0 Å². The van der Waals surface area contributed by atoms with Crippen molar-refractivity contribution in [2.45, 2.75) is 6.18 Å². The number of rotatable bonds is 0. The summed E-state index contributed by atoms with van der Waals surface area (Å²) in [5, 5.41) is 0. The molecule has 0 aromatic rings. The van der Waals surface area contributed by atoms with Crippen LogP contribution in [0.3, 0.4) is 0 Å². The van der Waals surface area contributed by atoms with E-state index in [1.165, 1.54) is 5.73 Å². The van der Waals surface area contributed by atoms with E-state index in [4.69, 9.17) is 0 Å². The number of alkyl halides is 3. The summed E-state index contributed by atoms with van der Waals surface area (Å²) < 4.78 is 43.6. The summed E-state index contributed by atoms with van der Waals surface area (Å²) >= 11 is 0. The van der Waals surface area contributed by atoms with Crippen LogP contribution in [0.4, 0.5) is 17.6 Å². The highest BCUT2D eigenvalue weighted by Gasteiger charge is 2.21. The molecule has 0 amide bonds. The Labute approximate surface area is 43.1 Å². The maximum atomic E-state index is 10.9. The Balaban J connectivity index is 3.89. The van der Waals surface area contributed by atoms with Crippen LogP contribution in [0.2, 0.25) is 0 Å². The predicted molar refractivity (Wildman–Crippen MR) is 19.8 cm³/mol. The Hall–Kier alpha value is -0.760. The highest BCUT2D eigenvalue weighted by atomic mass is 19.4. The molecule has 0 aromatic carbocycles. The number of hydrogen-bond acceptors (Lipinski definition) is 0. The van der Waals surface area contributed by atoms with Gasteiger partial charge in [-0.25, -0.2) is 4.39 Å². The summed E-state index contributed by atoms with van der Waals surface area (Å²) in [7, 11) is 0. The van der Waals surface area contributed by atoms with Crippen LogP contribution in [0, 0.1) is 0 Å². The first kappa shape index (κ1) is 7.24. The summed E-state index contributed by atoms with van der Waals surface area (Å²) in [5.74, 6) is 0. The summed E-state index contributed by atoms with van der Waals surface area (Å²) in [5.41, 5.74) is 1.25. The van der Waals surface area contributed by atoms with Gasteiger partial charge in [0.15, 0.2) is 0 Å². The average molecular weight is 126 g/mol. The van der Waals surface area contributed by atoms with E-state index in [9.17, 15) is 17.6 Å². The third-order valence-electron chi connectivity index (χ3n) is 0.310. The largest absolute Gasteiger partial charge is 0.416 e. The van der Waals surface area contributed by atoms with Crippen LogP contribution < -0.4 is 0 Å². The maximum absolute atomic E-state index is 10.9. The van der Waals surface area contributed by atoms with Gasteiger partial charge in [0, 0.05) is 0 Å². The Morgan fingerprint density at radius 2 is 1.75 bits per heavy atom. The van der Waals surface area contributed by atoms with Crippen LogP contribution in [0.1, 0.15) is 0 Å². The van der Waals surface area contributed by atoms with E-state index in [0.717, 1.165) is 0 Å². The van der Waals surface area contributed by atoms with Crippen LogP contribution in [-0.2, 0) is 0 Å². The average Bonchev–Trinajstić information content (AvgIpc) is 1.59. The summed E-state index contributed by atoms with van der Waals surface area (Å²) in [6, 6.07) is 0. The first-order chi connectivity index (χ1) is 3.56. The monoisotopic (exact) mass is 126 g/mol. The Morgan fingerprint density at radius 3 is 1.88 bits per heavy atom. The van der Waals surface area contributed by atoms with Crippen LogP contribution in [0.5, 0.6) is 0 Å². The molecule has 0 heterocycles. The molecule has 0 aromatic heterocycles. The second-order valence-electron chi connectivity index (χ2n) is 0.962. The minimum absolute atomic E-state index is 0.298. The van der Waals surface area contributed by atoms with E-state index in [1.807, 2.05) is 0 Å². The van der Waals surface area contributed by atoms with Gasteiger partial charge < -0.3 is 0 Å². The molecule has 4 heteroatoms. The molecule has 0 fully saturated rings. The second kappa shape index (κ2) is 2.52. The lowest BCUT2D eigenvalue weighted by Crippen LogP contribution is -1.98. The van der Waals surface area contributed by atoms with Gasteiger partial charge >= 0.3 is 6.18 Å². The molecule has 0 nitrogen and oxygen atoms in total. The van der Waals surface area contributed by atoms with Crippen molar-refractivity contribution < 1.29 is 17.6 Å². The van der Waals surface area contributed by atoms with Gasteiger partial charge in [-0.05, 0) is 0 Å². The van der Waals surface area contributed by atoms with Gasteiger partial charge in [-0.15, -0.1) is 0 Å². The zero-order valence-corrected chi connectivity index (χ0v) is 3.67. The molecule has 0 atom stereocenters. The van der Waals surface area contributed by atoms with E-state index in [-0.39, 0.29) is 12.4 Å². The first-order valence-electron chi connectivity index (χ1n) is 1.65. The normalized spacial score (nSPS) is 10.0. The minimum atomic E-state index is -4.46. The molecule has 0 radical (unpaired) electrons. The first-order valence-corrected chi connectivity index (χ1v) is 1.65. The zero-order chi connectivity index (χ0) is 6.62. The van der Waals surface area contributed by atoms with Crippen molar-refractivity contribution in [3.05, 3.63) is 18.1 Å². The van der Waals surface area contributed by atoms with E-state index < -0.39 is 6.18 Å². The molecule has 46 valence electrons. The fraction of sp³-hybridized carbons (Fsp3) is 0.250. The number of halogens is 4. The third-order valence-corrected chi connectivity index (χ3v) is 0.310. The fourth-order valence-electron chi connectivity index (χ4n) is 0.126. The topological polar surface area (TPSA) is 0 Å². The molecule has 0 aliphatic heterocycles. The van der Waals surface area contributed by atoms with Crippen molar-refractivity contribution in [2.24, 2.45) is 0 Å². The SMILES string of the molecule is FC=C=CC(F)(F)F. The van der Waals surface area contributed by atoms with Gasteiger partial charge in [-0.1, -0.05) is 5.73 Å². The predicted octanol–water partition coefficient (Wildman–Crippen LogP) is 2.19. The fourth-order valence-corrected chi connectivity index (χ4v) is 0.126. The van der Waals surface area contributed by atoms with Gasteiger partial charge in [0.25, 0.3) is 0 Å². The maximum Gasteiger partial charge on any atom is 0.416 e. The molecule has 0 N–H and O–H groups in total. The molecular formula is C4H2F4. The second-order valence-corrected chi connectivity index (χ2v) is 0.962. The van der Waals surface area contributed by atoms with Crippen molar-refractivity contribution in [2.75, 3.05) is 0 Å². The van der Waals surface area contributed by atoms with Gasteiger partial charge in [0.05, 0.1) is 6.08 Å². The molecule has 0 spiro atoms. The lowest BCUT2D eigenvalue weighted by Gasteiger charge is -1.91. The van der Waals surface area contributed by atoms with Crippen molar-refractivity contribution in [3.63, 3.8) is 0 Å². The number of hydrogen-bond donors (Lipinski definition) is 0. The van der Waals surface area contributed by atoms with Crippen molar-refractivity contribution in [1.82, 2.24) is 0 Å². The van der Waals surface area contributed by atoms with Gasteiger partial charge in [0.1, 0.15) is 6.33 Å². The van der Waals surface area contributed by atoms with Gasteiger partial charge in [0.2, 0.25) is 0 Å². The molecule has 0 saturated carbocycles. The molecule has 8 heavy (non-hydrogen) atoms. The van der Waals surface area contributed by atoms with Crippen LogP contribution in [0.15, 0.2) is 18.1 Å². The molecule has 0 saturated heterocycles. The van der Waals surface area contributed by atoms with Gasteiger partial charge in [-0.2, -0.15) is 13.2 Å². The Bertz CT molecular complexity index is 114. The lowest BCUT2D eigenvalue weighted by molar-refractivity contribution is -0.0797.